The van der Waals surface area contributed by atoms with Crippen LogP contribution in [0, 0.1) is 0 Å². The molecule has 6 heteroatoms. The maximum absolute atomic E-state index is 11.2. The van der Waals surface area contributed by atoms with Crippen LogP contribution in [-0.2, 0) is 6.54 Å². The zero-order valence-corrected chi connectivity index (χ0v) is 11.5. The minimum atomic E-state index is 0.465. The van der Waals surface area contributed by atoms with Crippen molar-refractivity contribution in [3.05, 3.63) is 33.9 Å². The van der Waals surface area contributed by atoms with Crippen LogP contribution in [0.2, 0.25) is 10.0 Å². The largest absolute Gasteiger partial charge is 0.315 e. The molecule has 0 spiro atoms. The van der Waals surface area contributed by atoms with E-state index in [1.807, 2.05) is 10.6 Å². The first kappa shape index (κ1) is 12.1. The topological polar surface area (TPSA) is 34.9 Å². The zero-order valence-electron chi connectivity index (χ0n) is 9.19. The molecule has 0 saturated carbocycles. The fourth-order valence-corrected chi connectivity index (χ4v) is 3.23. The van der Waals surface area contributed by atoms with Gasteiger partial charge in [0.15, 0.2) is 11.4 Å². The highest BCUT2D eigenvalue weighted by molar-refractivity contribution is 7.99. The first-order chi connectivity index (χ1) is 8.70. The van der Waals surface area contributed by atoms with Gasteiger partial charge in [-0.3, -0.25) is 4.79 Å². The van der Waals surface area contributed by atoms with Crippen LogP contribution in [0.15, 0.2) is 23.4 Å². The Morgan fingerprint density at radius 2 is 2.17 bits per heavy atom. The molecule has 92 valence electrons. The van der Waals surface area contributed by atoms with Crippen molar-refractivity contribution in [3.63, 3.8) is 0 Å². The molecule has 3 nitrogen and oxygen atoms in total. The summed E-state index contributed by atoms with van der Waals surface area (Å²) < 4.78 is 1.94. The number of halogens is 2. The molecule has 0 aliphatic carbocycles. The molecule has 0 unspecified atom stereocenters. The lowest BCUT2D eigenvalue weighted by Crippen LogP contribution is -2.00. The minimum absolute atomic E-state index is 0.465. The highest BCUT2D eigenvalue weighted by atomic mass is 35.5. The van der Waals surface area contributed by atoms with Crippen LogP contribution in [0.1, 0.15) is 10.5 Å². The van der Waals surface area contributed by atoms with Gasteiger partial charge in [0.1, 0.15) is 11.4 Å². The van der Waals surface area contributed by atoms with E-state index in [0.717, 1.165) is 29.3 Å². The maximum atomic E-state index is 11.2. The van der Waals surface area contributed by atoms with E-state index in [2.05, 4.69) is 4.98 Å². The summed E-state index contributed by atoms with van der Waals surface area (Å²) in [4.78, 5) is 15.7. The Morgan fingerprint density at radius 3 is 2.89 bits per heavy atom. The number of fused-ring (bicyclic) bond motifs is 1. The molecule has 0 amide bonds. The van der Waals surface area contributed by atoms with Crippen molar-refractivity contribution >= 4 is 41.2 Å². The Kier molecular flexibility index (Phi) is 3.09. The molecule has 0 saturated heterocycles. The molecule has 18 heavy (non-hydrogen) atoms. The second-order valence-corrected chi connectivity index (χ2v) is 5.75. The third-order valence-corrected chi connectivity index (χ3v) is 4.52. The SMILES string of the molecule is O=Cc1c(-c2ccc(Cl)c(Cl)c2)nc2n1CCS2. The summed E-state index contributed by atoms with van der Waals surface area (Å²) in [5.74, 6) is 0.963. The van der Waals surface area contributed by atoms with Crippen molar-refractivity contribution in [2.75, 3.05) is 5.75 Å². The van der Waals surface area contributed by atoms with Crippen LogP contribution in [-0.4, -0.2) is 21.6 Å². The molecule has 0 N–H and O–H groups in total. The smallest absolute Gasteiger partial charge is 0.169 e. The van der Waals surface area contributed by atoms with E-state index < -0.39 is 0 Å². The number of hydrogen-bond acceptors (Lipinski definition) is 3. The van der Waals surface area contributed by atoms with Gasteiger partial charge >= 0.3 is 0 Å². The Bertz CT molecular complexity index is 639. The summed E-state index contributed by atoms with van der Waals surface area (Å²) in [6.07, 6.45) is 0.847. The number of benzene rings is 1. The minimum Gasteiger partial charge on any atom is -0.315 e. The lowest BCUT2D eigenvalue weighted by Gasteiger charge is -2.02. The summed E-state index contributed by atoms with van der Waals surface area (Å²) in [5.41, 5.74) is 2.09. The number of carbonyl (C=O) groups excluding carboxylic acids is 1. The van der Waals surface area contributed by atoms with Crippen LogP contribution in [0.25, 0.3) is 11.3 Å². The standard InChI is InChI=1S/C12H8Cl2N2OS/c13-8-2-1-7(5-9(8)14)11-10(6-17)16-3-4-18-12(16)15-11/h1-2,5-6H,3-4H2. The molecular formula is C12H8Cl2N2OS. The van der Waals surface area contributed by atoms with Gasteiger partial charge in [-0.05, 0) is 12.1 Å². The van der Waals surface area contributed by atoms with Crippen LogP contribution >= 0.6 is 35.0 Å². The number of aromatic nitrogens is 2. The normalized spacial score (nSPS) is 13.7. The van der Waals surface area contributed by atoms with Gasteiger partial charge in [-0.2, -0.15) is 0 Å². The van der Waals surface area contributed by atoms with E-state index in [-0.39, 0.29) is 0 Å². The number of aldehydes is 1. The average molecular weight is 299 g/mol. The Morgan fingerprint density at radius 1 is 1.33 bits per heavy atom. The average Bonchev–Trinajstić information content (AvgIpc) is 2.92. The molecule has 1 aliphatic rings. The van der Waals surface area contributed by atoms with E-state index in [9.17, 15) is 4.79 Å². The third kappa shape index (κ3) is 1.85. The maximum Gasteiger partial charge on any atom is 0.169 e. The lowest BCUT2D eigenvalue weighted by atomic mass is 10.1. The zero-order chi connectivity index (χ0) is 12.7. The molecule has 1 aromatic carbocycles. The van der Waals surface area contributed by atoms with Gasteiger partial charge in [-0.25, -0.2) is 4.98 Å². The van der Waals surface area contributed by atoms with E-state index in [1.54, 1.807) is 23.9 Å². The van der Waals surface area contributed by atoms with E-state index >= 15 is 0 Å². The monoisotopic (exact) mass is 298 g/mol. The predicted molar refractivity (Wildman–Crippen MR) is 73.8 cm³/mol. The van der Waals surface area contributed by atoms with Gasteiger partial charge < -0.3 is 4.57 Å². The second-order valence-electron chi connectivity index (χ2n) is 3.88. The molecule has 0 fully saturated rings. The Balaban J connectivity index is 2.17. The molecule has 2 heterocycles. The summed E-state index contributed by atoms with van der Waals surface area (Å²) in [7, 11) is 0. The Labute approximate surface area is 118 Å². The molecule has 1 aromatic heterocycles. The fraction of sp³-hybridized carbons (Fsp3) is 0.167. The number of hydrogen-bond donors (Lipinski definition) is 0. The third-order valence-electron chi connectivity index (χ3n) is 2.82. The van der Waals surface area contributed by atoms with Crippen molar-refractivity contribution < 1.29 is 4.79 Å². The summed E-state index contributed by atoms with van der Waals surface area (Å²) in [6.45, 7) is 0.822. The van der Waals surface area contributed by atoms with Crippen LogP contribution in [0.3, 0.4) is 0 Å². The molecule has 3 rings (SSSR count). The molecule has 0 bridgehead atoms. The van der Waals surface area contributed by atoms with Crippen molar-refractivity contribution in [2.45, 2.75) is 11.7 Å². The molecule has 0 radical (unpaired) electrons. The van der Waals surface area contributed by atoms with Crippen molar-refractivity contribution in [1.82, 2.24) is 9.55 Å². The summed E-state index contributed by atoms with van der Waals surface area (Å²) in [5, 5.41) is 1.85. The van der Waals surface area contributed by atoms with Crippen LogP contribution in [0.4, 0.5) is 0 Å². The highest BCUT2D eigenvalue weighted by Gasteiger charge is 2.22. The van der Waals surface area contributed by atoms with E-state index in [0.29, 0.717) is 21.4 Å². The summed E-state index contributed by atoms with van der Waals surface area (Å²) in [6, 6.07) is 5.27. The molecule has 2 aromatic rings. The van der Waals surface area contributed by atoms with Crippen molar-refractivity contribution in [2.24, 2.45) is 0 Å². The van der Waals surface area contributed by atoms with Crippen molar-refractivity contribution in [1.29, 1.82) is 0 Å². The number of nitrogens with zero attached hydrogens (tertiary/aromatic N) is 2. The highest BCUT2D eigenvalue weighted by Crippen LogP contribution is 2.34. The first-order valence-corrected chi connectivity index (χ1v) is 7.09. The molecule has 0 atom stereocenters. The van der Waals surface area contributed by atoms with Crippen molar-refractivity contribution in [3.8, 4) is 11.3 Å². The van der Waals surface area contributed by atoms with E-state index in [4.69, 9.17) is 23.2 Å². The van der Waals surface area contributed by atoms with Crippen LogP contribution in [0.5, 0.6) is 0 Å². The number of rotatable bonds is 2. The Hall–Kier alpha value is -0.970. The van der Waals surface area contributed by atoms with Gasteiger partial charge in [0, 0.05) is 17.9 Å². The number of thioether (sulfide) groups is 1. The van der Waals surface area contributed by atoms with Gasteiger partial charge in [-0.15, -0.1) is 0 Å². The van der Waals surface area contributed by atoms with E-state index in [1.165, 1.54) is 0 Å². The van der Waals surface area contributed by atoms with Crippen LogP contribution < -0.4 is 0 Å². The summed E-state index contributed by atoms with van der Waals surface area (Å²) >= 11 is 13.5. The molecule has 1 aliphatic heterocycles. The fourth-order valence-electron chi connectivity index (χ4n) is 1.97. The van der Waals surface area contributed by atoms with Gasteiger partial charge in [0.05, 0.1) is 10.0 Å². The van der Waals surface area contributed by atoms with Gasteiger partial charge in [0.25, 0.3) is 0 Å². The van der Waals surface area contributed by atoms with Gasteiger partial charge in [-0.1, -0.05) is 41.0 Å². The first-order valence-electron chi connectivity index (χ1n) is 5.34. The van der Waals surface area contributed by atoms with Gasteiger partial charge in [0.2, 0.25) is 0 Å². The number of imidazole rings is 1. The second kappa shape index (κ2) is 4.61. The number of carbonyl (C=O) groups is 1. The lowest BCUT2D eigenvalue weighted by molar-refractivity contribution is 0.111. The predicted octanol–water partition coefficient (Wildman–Crippen LogP) is 3.78. The quantitative estimate of drug-likeness (QED) is 0.792. The molecular weight excluding hydrogens is 291 g/mol.